The zero-order valence-electron chi connectivity index (χ0n) is 18.4. The number of amides is 2. The highest BCUT2D eigenvalue weighted by molar-refractivity contribution is 5.96. The lowest BCUT2D eigenvalue weighted by Gasteiger charge is -2.37. The molecule has 2 heterocycles. The number of rotatable bonds is 6. The molecule has 4 rings (SSSR count). The largest absolute Gasteiger partial charge is 0.497 e. The van der Waals surface area contributed by atoms with Crippen molar-refractivity contribution in [2.75, 3.05) is 21.3 Å². The molecule has 2 amide bonds. The van der Waals surface area contributed by atoms with Crippen LogP contribution in [0.3, 0.4) is 0 Å². The third-order valence-corrected chi connectivity index (χ3v) is 5.80. The van der Waals surface area contributed by atoms with Gasteiger partial charge in [0.25, 0.3) is 5.91 Å². The third-order valence-electron chi connectivity index (χ3n) is 5.80. The van der Waals surface area contributed by atoms with E-state index >= 15 is 0 Å². The molecule has 0 saturated heterocycles. The summed E-state index contributed by atoms with van der Waals surface area (Å²) in [6.45, 7) is 0.693. The van der Waals surface area contributed by atoms with Gasteiger partial charge in [-0.3, -0.25) is 9.59 Å². The Morgan fingerprint density at radius 2 is 1.84 bits per heavy atom. The van der Waals surface area contributed by atoms with Gasteiger partial charge in [0.2, 0.25) is 5.91 Å². The first-order chi connectivity index (χ1) is 15.5. The average Bonchev–Trinajstić information content (AvgIpc) is 3.37. The molecule has 0 N–H and O–H groups in total. The van der Waals surface area contributed by atoms with E-state index in [1.807, 2.05) is 36.4 Å². The minimum Gasteiger partial charge on any atom is -0.497 e. The third kappa shape index (κ3) is 4.19. The van der Waals surface area contributed by atoms with Crippen LogP contribution in [0.2, 0.25) is 0 Å². The van der Waals surface area contributed by atoms with Crippen molar-refractivity contribution in [1.29, 1.82) is 0 Å². The lowest BCUT2D eigenvalue weighted by molar-refractivity contribution is -0.135. The van der Waals surface area contributed by atoms with E-state index in [1.165, 1.54) is 6.26 Å². The molecule has 0 aliphatic carbocycles. The number of ether oxygens (including phenoxy) is 2. The molecule has 1 aliphatic rings. The number of methoxy groups -OCH3 is 2. The maximum Gasteiger partial charge on any atom is 0.290 e. The number of furan rings is 1. The summed E-state index contributed by atoms with van der Waals surface area (Å²) in [4.78, 5) is 30.0. The molecule has 7 heteroatoms. The smallest absolute Gasteiger partial charge is 0.290 e. The van der Waals surface area contributed by atoms with Crippen LogP contribution in [0.25, 0.3) is 0 Å². The van der Waals surface area contributed by atoms with Crippen molar-refractivity contribution in [2.24, 2.45) is 0 Å². The summed E-state index contributed by atoms with van der Waals surface area (Å²) >= 11 is 0. The molecule has 7 nitrogen and oxygen atoms in total. The van der Waals surface area contributed by atoms with Crippen LogP contribution in [0.4, 0.5) is 0 Å². The summed E-state index contributed by atoms with van der Waals surface area (Å²) < 4.78 is 16.1. The summed E-state index contributed by atoms with van der Waals surface area (Å²) in [5, 5.41) is 0. The predicted octanol–water partition coefficient (Wildman–Crippen LogP) is 3.52. The zero-order valence-corrected chi connectivity index (χ0v) is 18.4. The lowest BCUT2D eigenvalue weighted by Crippen LogP contribution is -2.52. The van der Waals surface area contributed by atoms with Gasteiger partial charge in [-0.2, -0.15) is 0 Å². The molecular formula is C25H26N2O5. The molecule has 1 atom stereocenters. The van der Waals surface area contributed by atoms with E-state index in [0.717, 1.165) is 16.7 Å². The number of carbonyl (C=O) groups is 2. The van der Waals surface area contributed by atoms with Gasteiger partial charge in [-0.1, -0.05) is 24.3 Å². The molecule has 166 valence electrons. The van der Waals surface area contributed by atoms with E-state index < -0.39 is 6.04 Å². The predicted molar refractivity (Wildman–Crippen MR) is 119 cm³/mol. The number of carbonyl (C=O) groups excluding carboxylic acids is 2. The van der Waals surface area contributed by atoms with Crippen LogP contribution in [0.1, 0.15) is 27.2 Å². The molecule has 0 saturated carbocycles. The summed E-state index contributed by atoms with van der Waals surface area (Å²) in [5.41, 5.74) is 2.96. The molecule has 0 fully saturated rings. The van der Waals surface area contributed by atoms with Crippen LogP contribution in [0.15, 0.2) is 65.3 Å². The topological polar surface area (TPSA) is 72.2 Å². The van der Waals surface area contributed by atoms with Gasteiger partial charge in [-0.25, -0.2) is 0 Å². The normalized spacial score (nSPS) is 15.1. The molecular weight excluding hydrogens is 408 g/mol. The van der Waals surface area contributed by atoms with Crippen molar-refractivity contribution >= 4 is 11.8 Å². The Labute approximate surface area is 187 Å². The number of fused-ring (bicyclic) bond motifs is 1. The number of benzene rings is 2. The van der Waals surface area contributed by atoms with E-state index in [4.69, 9.17) is 13.9 Å². The van der Waals surface area contributed by atoms with E-state index in [2.05, 4.69) is 0 Å². The van der Waals surface area contributed by atoms with Gasteiger partial charge in [0.05, 0.1) is 20.5 Å². The number of hydrogen-bond donors (Lipinski definition) is 0. The molecule has 32 heavy (non-hydrogen) atoms. The Balaban J connectivity index is 1.60. The highest BCUT2D eigenvalue weighted by Crippen LogP contribution is 2.28. The fraction of sp³-hybridized carbons (Fsp3) is 0.280. The maximum atomic E-state index is 13.6. The van der Waals surface area contributed by atoms with Gasteiger partial charge in [0.15, 0.2) is 5.76 Å². The number of nitrogens with zero attached hydrogens (tertiary/aromatic N) is 2. The fourth-order valence-electron chi connectivity index (χ4n) is 4.07. The minimum absolute atomic E-state index is 0.141. The van der Waals surface area contributed by atoms with Crippen molar-refractivity contribution in [3.8, 4) is 11.5 Å². The van der Waals surface area contributed by atoms with Gasteiger partial charge in [-0.05, 0) is 35.4 Å². The molecule has 0 bridgehead atoms. The summed E-state index contributed by atoms with van der Waals surface area (Å²) in [5.74, 6) is 1.11. The Morgan fingerprint density at radius 3 is 2.53 bits per heavy atom. The summed E-state index contributed by atoms with van der Waals surface area (Å²) in [7, 11) is 4.92. The number of likely N-dealkylation sites (N-methyl/N-ethyl adjacent to an activating group) is 1. The standard InChI is InChI=1S/C25H26N2O5/c1-26(15-19-10-11-20(30-2)14-23(19)31-3)24(28)21-13-17-7-4-5-8-18(17)16-27(21)25(29)22-9-6-12-32-22/h4-12,14,21H,13,15-16H2,1-3H3. The van der Waals surface area contributed by atoms with Crippen molar-refractivity contribution in [2.45, 2.75) is 25.6 Å². The van der Waals surface area contributed by atoms with Crippen LogP contribution < -0.4 is 9.47 Å². The quantitative estimate of drug-likeness (QED) is 0.594. The average molecular weight is 434 g/mol. The second-order valence-corrected chi connectivity index (χ2v) is 7.77. The monoisotopic (exact) mass is 434 g/mol. The maximum absolute atomic E-state index is 13.6. The van der Waals surface area contributed by atoms with Gasteiger partial charge >= 0.3 is 0 Å². The van der Waals surface area contributed by atoms with Gasteiger partial charge in [0.1, 0.15) is 17.5 Å². The van der Waals surface area contributed by atoms with E-state index in [0.29, 0.717) is 31.0 Å². The fourth-order valence-corrected chi connectivity index (χ4v) is 4.07. The molecule has 0 spiro atoms. The lowest BCUT2D eigenvalue weighted by atomic mass is 9.93. The molecule has 1 aliphatic heterocycles. The molecule has 3 aromatic rings. The van der Waals surface area contributed by atoms with E-state index in [1.54, 1.807) is 49.3 Å². The van der Waals surface area contributed by atoms with Gasteiger partial charge in [0, 0.05) is 38.2 Å². The molecule has 2 aromatic carbocycles. The van der Waals surface area contributed by atoms with Crippen LogP contribution >= 0.6 is 0 Å². The second-order valence-electron chi connectivity index (χ2n) is 7.77. The summed E-state index contributed by atoms with van der Waals surface area (Å²) in [6.07, 6.45) is 1.91. The van der Waals surface area contributed by atoms with E-state index in [-0.39, 0.29) is 17.6 Å². The molecule has 0 radical (unpaired) electrons. The van der Waals surface area contributed by atoms with Crippen molar-refractivity contribution in [3.63, 3.8) is 0 Å². The molecule has 1 unspecified atom stereocenters. The van der Waals surface area contributed by atoms with Crippen LogP contribution in [-0.2, 0) is 24.3 Å². The Bertz CT molecular complexity index is 1110. The van der Waals surface area contributed by atoms with Gasteiger partial charge < -0.3 is 23.7 Å². The first kappa shape index (κ1) is 21.5. The van der Waals surface area contributed by atoms with E-state index in [9.17, 15) is 9.59 Å². The Hall–Kier alpha value is -3.74. The van der Waals surface area contributed by atoms with Crippen molar-refractivity contribution in [1.82, 2.24) is 9.80 Å². The minimum atomic E-state index is -0.628. The zero-order chi connectivity index (χ0) is 22.7. The van der Waals surface area contributed by atoms with Crippen molar-refractivity contribution in [3.05, 3.63) is 83.3 Å². The highest BCUT2D eigenvalue weighted by atomic mass is 16.5. The van der Waals surface area contributed by atoms with Gasteiger partial charge in [-0.15, -0.1) is 0 Å². The number of hydrogen-bond acceptors (Lipinski definition) is 5. The van der Waals surface area contributed by atoms with Crippen LogP contribution in [0.5, 0.6) is 11.5 Å². The Kier molecular flexibility index (Phi) is 6.16. The highest BCUT2D eigenvalue weighted by Gasteiger charge is 2.37. The second kappa shape index (κ2) is 9.18. The van der Waals surface area contributed by atoms with Crippen LogP contribution in [0, 0.1) is 0 Å². The van der Waals surface area contributed by atoms with Crippen molar-refractivity contribution < 1.29 is 23.5 Å². The first-order valence-electron chi connectivity index (χ1n) is 10.4. The first-order valence-corrected chi connectivity index (χ1v) is 10.4. The SMILES string of the molecule is COc1ccc(CN(C)C(=O)C2Cc3ccccc3CN2C(=O)c2ccco2)c(OC)c1. The van der Waals surface area contributed by atoms with Crippen LogP contribution in [-0.4, -0.2) is 48.9 Å². The molecule has 1 aromatic heterocycles. The Morgan fingerprint density at radius 1 is 1.06 bits per heavy atom. The summed E-state index contributed by atoms with van der Waals surface area (Å²) in [6, 6.07) is 16.1.